The lowest BCUT2D eigenvalue weighted by Gasteiger charge is -2.31. The van der Waals surface area contributed by atoms with E-state index >= 15 is 0 Å². The van der Waals surface area contributed by atoms with E-state index in [-0.39, 0.29) is 13.2 Å². The van der Waals surface area contributed by atoms with Crippen LogP contribution >= 0.6 is 0 Å². The van der Waals surface area contributed by atoms with Crippen LogP contribution in [-0.4, -0.2) is 50.1 Å². The molecule has 2 atom stereocenters. The van der Waals surface area contributed by atoms with Gasteiger partial charge in [0.25, 0.3) is 0 Å². The second-order valence-electron chi connectivity index (χ2n) is 3.77. The number of aliphatic hydroxyl groups is 1. The average molecular weight is 234 g/mol. The lowest BCUT2D eigenvalue weighted by molar-refractivity contribution is -0.324. The van der Waals surface area contributed by atoms with Gasteiger partial charge in [-0.05, 0) is 0 Å². The minimum atomic E-state index is -1.06. The molecule has 94 valence electrons. The smallest absolute Gasteiger partial charge is 0.302 e. The van der Waals surface area contributed by atoms with Gasteiger partial charge in [0, 0.05) is 34.0 Å². The number of carbonyl (C=O) groups is 1. The monoisotopic (exact) mass is 234 g/mol. The summed E-state index contributed by atoms with van der Waals surface area (Å²) in [5.41, 5.74) is 0. The molecular formula is C10H18O6. The van der Waals surface area contributed by atoms with Crippen molar-refractivity contribution in [3.63, 3.8) is 0 Å². The standard InChI is InChI=1S/C10H18O6/c1-8(12)15-7-10(14-3)5-4-9(6-11,13-2)16-10/h11H,4-7H2,1-3H3. The molecule has 0 aromatic heterocycles. The predicted molar refractivity (Wildman–Crippen MR) is 53.5 cm³/mol. The van der Waals surface area contributed by atoms with Gasteiger partial charge in [0.1, 0.15) is 6.61 Å². The summed E-state index contributed by atoms with van der Waals surface area (Å²) >= 11 is 0. The van der Waals surface area contributed by atoms with E-state index in [2.05, 4.69) is 0 Å². The van der Waals surface area contributed by atoms with Crippen molar-refractivity contribution in [1.29, 1.82) is 0 Å². The minimum Gasteiger partial charge on any atom is -0.460 e. The molecule has 1 N–H and O–H groups in total. The fraction of sp³-hybridized carbons (Fsp3) is 0.900. The Morgan fingerprint density at radius 1 is 1.31 bits per heavy atom. The Morgan fingerprint density at radius 2 is 1.88 bits per heavy atom. The van der Waals surface area contributed by atoms with Crippen LogP contribution in [-0.2, 0) is 23.7 Å². The number of rotatable bonds is 5. The molecule has 1 heterocycles. The van der Waals surface area contributed by atoms with E-state index in [4.69, 9.17) is 18.9 Å². The number of hydrogen-bond donors (Lipinski definition) is 1. The number of methoxy groups -OCH3 is 2. The Labute approximate surface area is 94.4 Å². The summed E-state index contributed by atoms with van der Waals surface area (Å²) < 4.78 is 20.8. The molecule has 1 rings (SSSR count). The highest BCUT2D eigenvalue weighted by Crippen LogP contribution is 2.38. The van der Waals surface area contributed by atoms with Crippen molar-refractivity contribution in [2.75, 3.05) is 27.4 Å². The third kappa shape index (κ3) is 2.70. The van der Waals surface area contributed by atoms with Crippen LogP contribution in [0, 0.1) is 0 Å². The van der Waals surface area contributed by atoms with E-state index in [1.807, 2.05) is 0 Å². The second kappa shape index (κ2) is 5.09. The molecule has 0 radical (unpaired) electrons. The number of esters is 1. The van der Waals surface area contributed by atoms with Gasteiger partial charge in [-0.15, -0.1) is 0 Å². The normalized spacial score (nSPS) is 34.0. The topological polar surface area (TPSA) is 74.2 Å². The average Bonchev–Trinajstić information content (AvgIpc) is 2.68. The molecule has 2 unspecified atom stereocenters. The lowest BCUT2D eigenvalue weighted by Crippen LogP contribution is -2.43. The molecule has 6 nitrogen and oxygen atoms in total. The van der Waals surface area contributed by atoms with Crippen LogP contribution in [0.3, 0.4) is 0 Å². The molecule has 0 amide bonds. The molecule has 1 aliphatic rings. The largest absolute Gasteiger partial charge is 0.460 e. The van der Waals surface area contributed by atoms with E-state index < -0.39 is 17.5 Å². The summed E-state index contributed by atoms with van der Waals surface area (Å²) in [6, 6.07) is 0. The Morgan fingerprint density at radius 3 is 2.25 bits per heavy atom. The number of hydrogen-bond acceptors (Lipinski definition) is 6. The maximum Gasteiger partial charge on any atom is 0.302 e. The molecule has 1 aliphatic heterocycles. The summed E-state index contributed by atoms with van der Waals surface area (Å²) in [5, 5.41) is 9.21. The fourth-order valence-electron chi connectivity index (χ4n) is 1.66. The maximum absolute atomic E-state index is 10.7. The van der Waals surface area contributed by atoms with E-state index in [1.54, 1.807) is 0 Å². The van der Waals surface area contributed by atoms with Gasteiger partial charge in [0.15, 0.2) is 5.79 Å². The molecule has 6 heteroatoms. The van der Waals surface area contributed by atoms with Crippen LogP contribution in [0.4, 0.5) is 0 Å². The van der Waals surface area contributed by atoms with Crippen LogP contribution in [0.25, 0.3) is 0 Å². The third-order valence-electron chi connectivity index (χ3n) is 2.74. The number of aliphatic hydroxyl groups excluding tert-OH is 1. The molecule has 16 heavy (non-hydrogen) atoms. The first-order valence-electron chi connectivity index (χ1n) is 5.06. The lowest BCUT2D eigenvalue weighted by atomic mass is 10.1. The van der Waals surface area contributed by atoms with Crippen molar-refractivity contribution < 1.29 is 28.8 Å². The van der Waals surface area contributed by atoms with Gasteiger partial charge < -0.3 is 24.1 Å². The van der Waals surface area contributed by atoms with E-state index in [0.717, 1.165) is 0 Å². The summed E-state index contributed by atoms with van der Waals surface area (Å²) in [6.07, 6.45) is 0.973. The van der Waals surface area contributed by atoms with Gasteiger partial charge in [-0.3, -0.25) is 4.79 Å². The number of ether oxygens (including phenoxy) is 4. The van der Waals surface area contributed by atoms with Crippen LogP contribution in [0.2, 0.25) is 0 Å². The molecule has 1 saturated heterocycles. The van der Waals surface area contributed by atoms with Gasteiger partial charge in [0.2, 0.25) is 5.79 Å². The maximum atomic E-state index is 10.7. The molecular weight excluding hydrogens is 216 g/mol. The van der Waals surface area contributed by atoms with Crippen molar-refractivity contribution in [2.45, 2.75) is 31.3 Å². The van der Waals surface area contributed by atoms with Gasteiger partial charge in [0.05, 0.1) is 6.61 Å². The first kappa shape index (κ1) is 13.4. The highest BCUT2D eigenvalue weighted by atomic mass is 16.8. The molecule has 1 fully saturated rings. The van der Waals surface area contributed by atoms with E-state index in [0.29, 0.717) is 12.8 Å². The first-order chi connectivity index (χ1) is 7.51. The second-order valence-corrected chi connectivity index (χ2v) is 3.77. The Bertz CT molecular complexity index is 250. The van der Waals surface area contributed by atoms with Gasteiger partial charge in [-0.2, -0.15) is 0 Å². The van der Waals surface area contributed by atoms with Gasteiger partial charge in [-0.1, -0.05) is 0 Å². The zero-order chi connectivity index (χ0) is 12.2. The predicted octanol–water partition coefficient (Wildman–Crippen LogP) is 0.0376. The first-order valence-corrected chi connectivity index (χ1v) is 5.06. The third-order valence-corrected chi connectivity index (χ3v) is 2.74. The molecule has 0 aromatic rings. The molecule has 0 bridgehead atoms. The van der Waals surface area contributed by atoms with Crippen LogP contribution in [0.15, 0.2) is 0 Å². The quantitative estimate of drug-likeness (QED) is 0.677. The van der Waals surface area contributed by atoms with E-state index in [1.165, 1.54) is 21.1 Å². The Balaban J connectivity index is 2.66. The van der Waals surface area contributed by atoms with Crippen molar-refractivity contribution in [3.8, 4) is 0 Å². The van der Waals surface area contributed by atoms with E-state index in [9.17, 15) is 9.90 Å². The Kier molecular flexibility index (Phi) is 4.26. The molecule has 0 aromatic carbocycles. The zero-order valence-corrected chi connectivity index (χ0v) is 9.82. The highest BCUT2D eigenvalue weighted by molar-refractivity contribution is 5.65. The van der Waals surface area contributed by atoms with Crippen molar-refractivity contribution >= 4 is 5.97 Å². The summed E-state index contributed by atoms with van der Waals surface area (Å²) in [7, 11) is 2.92. The fourth-order valence-corrected chi connectivity index (χ4v) is 1.66. The van der Waals surface area contributed by atoms with Gasteiger partial charge in [-0.25, -0.2) is 0 Å². The SMILES string of the molecule is COC1(CO)CCC(COC(C)=O)(OC)O1. The van der Waals surface area contributed by atoms with Crippen LogP contribution < -0.4 is 0 Å². The summed E-state index contributed by atoms with van der Waals surface area (Å²) in [4.78, 5) is 10.7. The molecule has 0 spiro atoms. The Hall–Kier alpha value is -0.690. The highest BCUT2D eigenvalue weighted by Gasteiger charge is 2.50. The molecule has 0 saturated carbocycles. The molecule has 0 aliphatic carbocycles. The van der Waals surface area contributed by atoms with Crippen LogP contribution in [0.1, 0.15) is 19.8 Å². The van der Waals surface area contributed by atoms with Gasteiger partial charge >= 0.3 is 5.97 Å². The van der Waals surface area contributed by atoms with Crippen molar-refractivity contribution in [1.82, 2.24) is 0 Å². The zero-order valence-electron chi connectivity index (χ0n) is 9.82. The van der Waals surface area contributed by atoms with Crippen molar-refractivity contribution in [3.05, 3.63) is 0 Å². The number of carbonyl (C=O) groups excluding carboxylic acids is 1. The van der Waals surface area contributed by atoms with Crippen molar-refractivity contribution in [2.24, 2.45) is 0 Å². The minimum absolute atomic E-state index is 0.00998. The summed E-state index contributed by atoms with van der Waals surface area (Å²) in [6.45, 7) is 1.03. The summed E-state index contributed by atoms with van der Waals surface area (Å²) in [5.74, 6) is -2.49. The van der Waals surface area contributed by atoms with Crippen LogP contribution in [0.5, 0.6) is 0 Å².